The van der Waals surface area contributed by atoms with Gasteiger partial charge in [-0.2, -0.15) is 0 Å². The molecule has 1 aromatic rings. The minimum atomic E-state index is -1.70. The molecule has 10 atom stereocenters. The Labute approximate surface area is 198 Å². The number of aliphatic hydroxyl groups excluding tert-OH is 6. The van der Waals surface area contributed by atoms with Gasteiger partial charge in [0.15, 0.2) is 6.29 Å². The maximum absolute atomic E-state index is 11.6. The van der Waals surface area contributed by atoms with Crippen LogP contribution in [0.1, 0.15) is 6.92 Å². The summed E-state index contributed by atoms with van der Waals surface area (Å²) in [5.41, 5.74) is -0.193. The highest BCUT2D eigenvalue weighted by Gasteiger charge is 2.48. The lowest BCUT2D eigenvalue weighted by Crippen LogP contribution is -2.66. The van der Waals surface area contributed by atoms with Gasteiger partial charge in [0.1, 0.15) is 54.5 Å². The zero-order chi connectivity index (χ0) is 25.9. The summed E-state index contributed by atoms with van der Waals surface area (Å²) < 4.78 is 22.0. The number of non-ortho nitro benzene ring substituents is 1. The number of hydrogen-bond acceptors (Lipinski definition) is 13. The molecular formula is C20H28N2O13. The molecule has 0 spiro atoms. The fourth-order valence-electron chi connectivity index (χ4n) is 3.73. The Hall–Kier alpha value is -2.47. The SMILES string of the molecule is CC(=O)N[C@H]1[C@@H](Oc2ccc([N+](=O)[O-])cc2)O[C@H](CO[C@@H]2O[C@H](CO)[C@@H](O)[C@H](O)[C@H]2O)[C@H](O)[C@@H]1O. The van der Waals surface area contributed by atoms with Crippen molar-refractivity contribution in [2.24, 2.45) is 0 Å². The molecular weight excluding hydrogens is 476 g/mol. The fourth-order valence-corrected chi connectivity index (χ4v) is 3.73. The van der Waals surface area contributed by atoms with E-state index in [1.54, 1.807) is 0 Å². The normalized spacial score (nSPS) is 37.5. The van der Waals surface area contributed by atoms with Gasteiger partial charge >= 0.3 is 0 Å². The number of aliphatic hydroxyl groups is 6. The molecule has 15 nitrogen and oxygen atoms in total. The lowest BCUT2D eigenvalue weighted by atomic mass is 9.96. The number of ether oxygens (including phenoxy) is 4. The third-order valence-electron chi connectivity index (χ3n) is 5.64. The molecule has 0 bridgehead atoms. The number of hydrogen-bond donors (Lipinski definition) is 7. The van der Waals surface area contributed by atoms with Crippen LogP contribution in [-0.2, 0) is 19.0 Å². The lowest BCUT2D eigenvalue weighted by molar-refractivity contribution is -0.384. The highest BCUT2D eigenvalue weighted by Crippen LogP contribution is 2.28. The monoisotopic (exact) mass is 504 g/mol. The quantitative estimate of drug-likeness (QED) is 0.136. The van der Waals surface area contributed by atoms with E-state index in [4.69, 9.17) is 18.9 Å². The van der Waals surface area contributed by atoms with Crippen LogP contribution in [0.5, 0.6) is 5.75 Å². The van der Waals surface area contributed by atoms with Crippen LogP contribution < -0.4 is 10.1 Å². The van der Waals surface area contributed by atoms with Crippen molar-refractivity contribution in [1.29, 1.82) is 0 Å². The molecule has 2 heterocycles. The van der Waals surface area contributed by atoms with Crippen LogP contribution in [0.4, 0.5) is 5.69 Å². The van der Waals surface area contributed by atoms with Crippen LogP contribution in [0.3, 0.4) is 0 Å². The van der Waals surface area contributed by atoms with E-state index in [1.165, 1.54) is 31.2 Å². The third kappa shape index (κ3) is 6.21. The van der Waals surface area contributed by atoms with E-state index in [0.29, 0.717) is 0 Å². The zero-order valence-corrected chi connectivity index (χ0v) is 18.5. The van der Waals surface area contributed by atoms with Gasteiger partial charge in [-0.05, 0) is 12.1 Å². The zero-order valence-electron chi connectivity index (χ0n) is 18.5. The van der Waals surface area contributed by atoms with E-state index in [2.05, 4.69) is 5.32 Å². The number of amides is 1. The molecule has 2 aliphatic rings. The van der Waals surface area contributed by atoms with Gasteiger partial charge < -0.3 is 54.9 Å². The Bertz CT molecular complexity index is 869. The molecule has 0 aromatic heterocycles. The maximum atomic E-state index is 11.6. The minimum Gasteiger partial charge on any atom is -0.463 e. The molecule has 15 heteroatoms. The van der Waals surface area contributed by atoms with Crippen molar-refractivity contribution in [1.82, 2.24) is 5.32 Å². The average molecular weight is 504 g/mol. The van der Waals surface area contributed by atoms with Crippen LogP contribution in [0, 0.1) is 10.1 Å². The van der Waals surface area contributed by atoms with Gasteiger partial charge in [0, 0.05) is 19.1 Å². The second-order valence-electron chi connectivity index (χ2n) is 8.15. The number of nitro groups is 1. The van der Waals surface area contributed by atoms with Gasteiger partial charge in [0.25, 0.3) is 5.69 Å². The smallest absolute Gasteiger partial charge is 0.269 e. The molecule has 2 fully saturated rings. The van der Waals surface area contributed by atoms with Gasteiger partial charge in [-0.3, -0.25) is 14.9 Å². The maximum Gasteiger partial charge on any atom is 0.269 e. The van der Waals surface area contributed by atoms with E-state index in [9.17, 15) is 45.5 Å². The molecule has 196 valence electrons. The van der Waals surface area contributed by atoms with Crippen LogP contribution >= 0.6 is 0 Å². The highest BCUT2D eigenvalue weighted by molar-refractivity contribution is 5.73. The fraction of sp³-hybridized carbons (Fsp3) is 0.650. The van der Waals surface area contributed by atoms with E-state index in [1.807, 2.05) is 0 Å². The van der Waals surface area contributed by atoms with Gasteiger partial charge in [0.2, 0.25) is 12.2 Å². The Morgan fingerprint density at radius 2 is 1.57 bits per heavy atom. The predicted molar refractivity (Wildman–Crippen MR) is 112 cm³/mol. The lowest BCUT2D eigenvalue weighted by Gasteiger charge is -2.44. The summed E-state index contributed by atoms with van der Waals surface area (Å²) in [5, 5.41) is 73.5. The summed E-state index contributed by atoms with van der Waals surface area (Å²) in [5.74, 6) is -0.452. The number of carbonyl (C=O) groups excluding carboxylic acids is 1. The molecule has 0 aliphatic carbocycles. The summed E-state index contributed by atoms with van der Waals surface area (Å²) >= 11 is 0. The van der Waals surface area contributed by atoms with Gasteiger partial charge in [-0.15, -0.1) is 0 Å². The van der Waals surface area contributed by atoms with E-state index in [0.717, 1.165) is 0 Å². The van der Waals surface area contributed by atoms with E-state index < -0.39 is 85.4 Å². The molecule has 35 heavy (non-hydrogen) atoms. The molecule has 0 saturated carbocycles. The predicted octanol–water partition coefficient (Wildman–Crippen LogP) is -3.26. The molecule has 3 rings (SSSR count). The number of benzene rings is 1. The number of nitrogens with one attached hydrogen (secondary N) is 1. The first-order chi connectivity index (χ1) is 16.5. The number of rotatable bonds is 8. The van der Waals surface area contributed by atoms with Crippen LogP contribution in [0.2, 0.25) is 0 Å². The van der Waals surface area contributed by atoms with Crippen molar-refractivity contribution in [3.05, 3.63) is 34.4 Å². The van der Waals surface area contributed by atoms with Crippen molar-refractivity contribution in [3.63, 3.8) is 0 Å². The summed E-state index contributed by atoms with van der Waals surface area (Å²) in [7, 11) is 0. The number of carbonyl (C=O) groups is 1. The van der Waals surface area contributed by atoms with Crippen LogP contribution in [0.25, 0.3) is 0 Å². The van der Waals surface area contributed by atoms with Crippen LogP contribution in [0.15, 0.2) is 24.3 Å². The first-order valence-corrected chi connectivity index (χ1v) is 10.7. The van der Waals surface area contributed by atoms with Gasteiger partial charge in [0.05, 0.1) is 18.1 Å². The topological polar surface area (TPSA) is 231 Å². The highest BCUT2D eigenvalue weighted by atomic mass is 16.7. The Morgan fingerprint density at radius 3 is 2.14 bits per heavy atom. The molecule has 2 saturated heterocycles. The van der Waals surface area contributed by atoms with Crippen molar-refractivity contribution >= 4 is 11.6 Å². The third-order valence-corrected chi connectivity index (χ3v) is 5.64. The summed E-state index contributed by atoms with van der Waals surface area (Å²) in [6.07, 6.45) is -13.6. The Balaban J connectivity index is 1.72. The second-order valence-corrected chi connectivity index (χ2v) is 8.15. The summed E-state index contributed by atoms with van der Waals surface area (Å²) in [6.45, 7) is -0.000197. The van der Waals surface area contributed by atoms with Crippen LogP contribution in [-0.4, -0.2) is 116 Å². The first kappa shape index (κ1) is 27.1. The average Bonchev–Trinajstić information content (AvgIpc) is 2.82. The molecule has 7 N–H and O–H groups in total. The minimum absolute atomic E-state index is 0.105. The molecule has 2 aliphatic heterocycles. The van der Waals surface area contributed by atoms with E-state index in [-0.39, 0.29) is 11.4 Å². The first-order valence-electron chi connectivity index (χ1n) is 10.7. The summed E-state index contributed by atoms with van der Waals surface area (Å²) in [4.78, 5) is 21.9. The van der Waals surface area contributed by atoms with Crippen molar-refractivity contribution < 1.29 is 59.3 Å². The van der Waals surface area contributed by atoms with Gasteiger partial charge in [-0.25, -0.2) is 0 Å². The molecule has 1 amide bonds. The van der Waals surface area contributed by atoms with Crippen molar-refractivity contribution in [2.45, 2.75) is 68.3 Å². The van der Waals surface area contributed by atoms with Crippen molar-refractivity contribution in [3.8, 4) is 5.75 Å². The second kappa shape index (κ2) is 11.5. The summed E-state index contributed by atoms with van der Waals surface area (Å²) in [6, 6.07) is 3.68. The Kier molecular flexibility index (Phi) is 8.92. The molecule has 1 aromatic carbocycles. The molecule has 0 unspecified atom stereocenters. The Morgan fingerprint density at radius 1 is 0.971 bits per heavy atom. The van der Waals surface area contributed by atoms with E-state index >= 15 is 0 Å². The number of nitro benzene ring substituents is 1. The van der Waals surface area contributed by atoms with Crippen molar-refractivity contribution in [2.75, 3.05) is 13.2 Å². The van der Waals surface area contributed by atoms with Gasteiger partial charge in [-0.1, -0.05) is 0 Å². The standard InChI is InChI=1S/C20H28N2O13/c1-8(24)21-13-16(27)15(26)12(7-32-20-18(29)17(28)14(25)11(6-23)34-20)35-19(13)33-10-4-2-9(3-5-10)22(30)31/h2-5,11-20,23,25-29H,6-7H2,1H3,(H,21,24)/t11-,12-,13-,14-,15+,16-,17+,18-,19+,20-/m1/s1. The molecule has 0 radical (unpaired) electrons. The largest absolute Gasteiger partial charge is 0.463 e. The number of nitrogens with zero attached hydrogens (tertiary/aromatic N) is 1.